The van der Waals surface area contributed by atoms with Gasteiger partial charge in [0.25, 0.3) is 0 Å². The molecule has 0 atom stereocenters. The van der Waals surface area contributed by atoms with Crippen LogP contribution >= 0.6 is 12.2 Å². The van der Waals surface area contributed by atoms with Crippen LogP contribution in [0.3, 0.4) is 0 Å². The van der Waals surface area contributed by atoms with Crippen molar-refractivity contribution in [2.24, 2.45) is 5.73 Å². The van der Waals surface area contributed by atoms with Crippen LogP contribution in [0.2, 0.25) is 0 Å². The van der Waals surface area contributed by atoms with Crippen molar-refractivity contribution >= 4 is 17.2 Å². The molecular weight excluding hydrogens is 235 g/mol. The second-order valence-corrected chi connectivity index (χ2v) is 4.14. The molecule has 86 valence electrons. The Kier molecular flexibility index (Phi) is 3.15. The molecule has 0 bridgehead atoms. The van der Waals surface area contributed by atoms with Crippen molar-refractivity contribution in [2.45, 2.75) is 6.92 Å². The average Bonchev–Trinajstić information content (AvgIpc) is 2.29. The predicted octanol–water partition coefficient (Wildman–Crippen LogP) is 2.83. The van der Waals surface area contributed by atoms with Crippen molar-refractivity contribution < 1.29 is 4.39 Å². The van der Waals surface area contributed by atoms with Gasteiger partial charge >= 0.3 is 0 Å². The van der Waals surface area contributed by atoms with Crippen LogP contribution in [-0.4, -0.2) is 9.97 Å². The number of pyridine rings is 1. The monoisotopic (exact) mass is 246 g/mol. The summed E-state index contributed by atoms with van der Waals surface area (Å²) in [6, 6.07) is 9.87. The lowest BCUT2D eigenvalue weighted by atomic mass is 10.1. The average molecular weight is 246 g/mol. The summed E-state index contributed by atoms with van der Waals surface area (Å²) in [4.78, 5) is 4.74. The number of nitrogens with two attached hydrogens (primary N) is 1. The van der Waals surface area contributed by atoms with Crippen LogP contribution in [0.15, 0.2) is 36.4 Å². The zero-order valence-corrected chi connectivity index (χ0v) is 10.1. The number of aromatic nitrogens is 1. The third-order valence-corrected chi connectivity index (χ3v) is 2.71. The molecule has 1 aromatic carbocycles. The predicted molar refractivity (Wildman–Crippen MR) is 70.3 cm³/mol. The fourth-order valence-electron chi connectivity index (χ4n) is 1.60. The maximum absolute atomic E-state index is 12.8. The summed E-state index contributed by atoms with van der Waals surface area (Å²) in [5, 5.41) is 0. The molecule has 0 radical (unpaired) electrons. The Morgan fingerprint density at radius 2 is 1.82 bits per heavy atom. The fraction of sp³-hybridized carbons (Fsp3) is 0.0769. The van der Waals surface area contributed by atoms with Gasteiger partial charge in [-0.15, -0.1) is 0 Å². The molecule has 0 aliphatic rings. The molecule has 0 spiro atoms. The van der Waals surface area contributed by atoms with Crippen molar-refractivity contribution in [1.29, 1.82) is 0 Å². The number of benzene rings is 1. The number of nitrogens with zero attached hydrogens (tertiary/aromatic N) is 1. The van der Waals surface area contributed by atoms with Gasteiger partial charge in [-0.2, -0.15) is 0 Å². The highest BCUT2D eigenvalue weighted by Crippen LogP contribution is 2.19. The Labute approximate surface area is 104 Å². The minimum absolute atomic E-state index is 0.259. The largest absolute Gasteiger partial charge is 0.389 e. The van der Waals surface area contributed by atoms with Gasteiger partial charge in [-0.25, -0.2) is 4.39 Å². The summed E-state index contributed by atoms with van der Waals surface area (Å²) in [6.07, 6.45) is 0. The first-order valence-corrected chi connectivity index (χ1v) is 5.52. The molecule has 1 heterocycles. The standard InChI is InChI=1S/C13H11FN2S/c1-8-11(13(15)17)6-7-12(16-8)9-2-4-10(14)5-3-9/h2-7H,1H3,(H2,15,17). The minimum atomic E-state index is -0.259. The zero-order valence-electron chi connectivity index (χ0n) is 9.27. The summed E-state index contributed by atoms with van der Waals surface area (Å²) in [5.41, 5.74) is 8.76. The molecule has 0 aliphatic carbocycles. The van der Waals surface area contributed by atoms with Crippen molar-refractivity contribution in [3.05, 3.63) is 53.5 Å². The van der Waals surface area contributed by atoms with E-state index in [0.29, 0.717) is 4.99 Å². The van der Waals surface area contributed by atoms with E-state index in [2.05, 4.69) is 4.98 Å². The first-order chi connectivity index (χ1) is 8.08. The summed E-state index contributed by atoms with van der Waals surface area (Å²) >= 11 is 4.91. The third kappa shape index (κ3) is 2.47. The van der Waals surface area contributed by atoms with E-state index in [4.69, 9.17) is 18.0 Å². The van der Waals surface area contributed by atoms with Crippen molar-refractivity contribution in [3.8, 4) is 11.3 Å². The summed E-state index contributed by atoms with van der Waals surface area (Å²) < 4.78 is 12.8. The summed E-state index contributed by atoms with van der Waals surface area (Å²) in [5.74, 6) is -0.259. The highest BCUT2D eigenvalue weighted by molar-refractivity contribution is 7.80. The number of rotatable bonds is 2. The van der Waals surface area contributed by atoms with Gasteiger partial charge < -0.3 is 5.73 Å². The van der Waals surface area contributed by atoms with Gasteiger partial charge in [0.05, 0.1) is 5.69 Å². The number of thiocarbonyl (C=S) groups is 1. The summed E-state index contributed by atoms with van der Waals surface area (Å²) in [6.45, 7) is 1.85. The minimum Gasteiger partial charge on any atom is -0.389 e. The van der Waals surface area contributed by atoms with Gasteiger partial charge in [0.1, 0.15) is 10.8 Å². The normalized spacial score (nSPS) is 10.2. The number of halogens is 1. The summed E-state index contributed by atoms with van der Waals surface area (Å²) in [7, 11) is 0. The number of hydrogen-bond acceptors (Lipinski definition) is 2. The molecule has 1 aromatic heterocycles. The van der Waals surface area contributed by atoms with Crippen molar-refractivity contribution in [3.63, 3.8) is 0 Å². The topological polar surface area (TPSA) is 38.9 Å². The fourth-order valence-corrected chi connectivity index (χ4v) is 1.82. The molecule has 2 aromatic rings. The molecule has 0 unspecified atom stereocenters. The Morgan fingerprint density at radius 1 is 1.18 bits per heavy atom. The van der Waals surface area contributed by atoms with E-state index < -0.39 is 0 Å². The first-order valence-electron chi connectivity index (χ1n) is 5.11. The van der Waals surface area contributed by atoms with Gasteiger partial charge in [0, 0.05) is 16.8 Å². The van der Waals surface area contributed by atoms with Crippen molar-refractivity contribution in [1.82, 2.24) is 4.98 Å². The molecule has 4 heteroatoms. The Hall–Kier alpha value is -1.81. The van der Waals surface area contributed by atoms with Crippen LogP contribution in [0.1, 0.15) is 11.3 Å². The molecule has 2 nitrogen and oxygen atoms in total. The van der Waals surface area contributed by atoms with E-state index in [1.165, 1.54) is 12.1 Å². The van der Waals surface area contributed by atoms with Gasteiger partial charge in [0.2, 0.25) is 0 Å². The third-order valence-electron chi connectivity index (χ3n) is 2.49. The molecule has 2 rings (SSSR count). The van der Waals surface area contributed by atoms with Crippen LogP contribution in [-0.2, 0) is 0 Å². The first kappa shape index (κ1) is 11.7. The van der Waals surface area contributed by atoms with E-state index >= 15 is 0 Å². The molecule has 17 heavy (non-hydrogen) atoms. The van der Waals surface area contributed by atoms with Gasteiger partial charge in [-0.3, -0.25) is 4.98 Å². The van der Waals surface area contributed by atoms with E-state index in [-0.39, 0.29) is 5.82 Å². The van der Waals surface area contributed by atoms with Crippen LogP contribution in [0, 0.1) is 12.7 Å². The van der Waals surface area contributed by atoms with Crippen molar-refractivity contribution in [2.75, 3.05) is 0 Å². The lowest BCUT2D eigenvalue weighted by Crippen LogP contribution is -2.12. The second kappa shape index (κ2) is 4.59. The van der Waals surface area contributed by atoms with Crippen LogP contribution in [0.4, 0.5) is 4.39 Å². The van der Waals surface area contributed by atoms with Gasteiger partial charge in [0.15, 0.2) is 0 Å². The highest BCUT2D eigenvalue weighted by atomic mass is 32.1. The lowest BCUT2D eigenvalue weighted by molar-refractivity contribution is 0.628. The van der Waals surface area contributed by atoms with Gasteiger partial charge in [-0.05, 0) is 43.3 Å². The second-order valence-electron chi connectivity index (χ2n) is 3.70. The van der Waals surface area contributed by atoms with E-state index in [1.54, 1.807) is 12.1 Å². The maximum atomic E-state index is 12.8. The Bertz CT molecular complexity index is 564. The molecule has 2 N–H and O–H groups in total. The molecule has 0 saturated carbocycles. The molecule has 0 fully saturated rings. The van der Waals surface area contributed by atoms with Crippen LogP contribution < -0.4 is 5.73 Å². The smallest absolute Gasteiger partial charge is 0.123 e. The molecule has 0 saturated heterocycles. The molecule has 0 amide bonds. The van der Waals surface area contributed by atoms with E-state index in [1.807, 2.05) is 19.1 Å². The highest BCUT2D eigenvalue weighted by Gasteiger charge is 2.05. The molecular formula is C13H11FN2S. The Morgan fingerprint density at radius 3 is 2.35 bits per heavy atom. The Balaban J connectivity index is 2.44. The van der Waals surface area contributed by atoms with Crippen LogP contribution in [0.25, 0.3) is 11.3 Å². The number of hydrogen-bond donors (Lipinski definition) is 1. The maximum Gasteiger partial charge on any atom is 0.123 e. The van der Waals surface area contributed by atoms with E-state index in [9.17, 15) is 4.39 Å². The molecule has 0 aliphatic heterocycles. The van der Waals surface area contributed by atoms with Gasteiger partial charge in [-0.1, -0.05) is 12.2 Å². The quantitative estimate of drug-likeness (QED) is 0.828. The SMILES string of the molecule is Cc1nc(-c2ccc(F)cc2)ccc1C(N)=S. The lowest BCUT2D eigenvalue weighted by Gasteiger charge is -2.06. The zero-order chi connectivity index (χ0) is 12.4. The van der Waals surface area contributed by atoms with E-state index in [0.717, 1.165) is 22.5 Å². The number of aryl methyl sites for hydroxylation is 1. The van der Waals surface area contributed by atoms with Crippen LogP contribution in [0.5, 0.6) is 0 Å².